The van der Waals surface area contributed by atoms with E-state index in [1.165, 1.54) is 18.3 Å². The maximum atomic E-state index is 12.1. The van der Waals surface area contributed by atoms with Gasteiger partial charge in [0.2, 0.25) is 11.8 Å². The monoisotopic (exact) mass is 346 g/mol. The topological polar surface area (TPSA) is 84.0 Å². The van der Waals surface area contributed by atoms with E-state index in [1.54, 1.807) is 16.7 Å². The molecule has 0 bridgehead atoms. The molecule has 0 radical (unpaired) electrons. The van der Waals surface area contributed by atoms with Gasteiger partial charge in [0.05, 0.1) is 27.3 Å². The minimum absolute atomic E-state index is 0.157. The van der Waals surface area contributed by atoms with Gasteiger partial charge in [-0.1, -0.05) is 0 Å². The van der Waals surface area contributed by atoms with Crippen LogP contribution in [0.5, 0.6) is 0 Å². The molecule has 3 aromatic rings. The summed E-state index contributed by atoms with van der Waals surface area (Å²) in [5.74, 6) is -0.335. The van der Waals surface area contributed by atoms with Crippen molar-refractivity contribution in [1.29, 1.82) is 0 Å². The summed E-state index contributed by atoms with van der Waals surface area (Å²) in [5, 5.41) is 8.70. The number of carbonyl (C=O) groups excluding carboxylic acids is 2. The molecular formula is C15H14N4O2S2. The normalized spacial score (nSPS) is 10.7. The summed E-state index contributed by atoms with van der Waals surface area (Å²) < 4.78 is 1.10. The van der Waals surface area contributed by atoms with E-state index in [0.717, 1.165) is 15.2 Å². The van der Waals surface area contributed by atoms with E-state index in [0.29, 0.717) is 16.5 Å². The predicted molar refractivity (Wildman–Crippen MR) is 93.1 cm³/mol. The third-order valence-electron chi connectivity index (χ3n) is 2.95. The molecule has 0 fully saturated rings. The summed E-state index contributed by atoms with van der Waals surface area (Å²) in [6.07, 6.45) is 0.157. The minimum atomic E-state index is -0.179. The second kappa shape index (κ2) is 6.43. The molecule has 2 amide bonds. The van der Waals surface area contributed by atoms with Gasteiger partial charge in [-0.2, -0.15) is 0 Å². The highest BCUT2D eigenvalue weighted by molar-refractivity contribution is 7.18. The van der Waals surface area contributed by atoms with Gasteiger partial charge in [-0.15, -0.1) is 22.7 Å². The summed E-state index contributed by atoms with van der Waals surface area (Å²) in [7, 11) is 0. The fraction of sp³-hybridized carbons (Fsp3) is 0.200. The molecule has 6 nitrogen and oxygen atoms in total. The van der Waals surface area contributed by atoms with Crippen LogP contribution in [0.2, 0.25) is 0 Å². The summed E-state index contributed by atoms with van der Waals surface area (Å²) in [4.78, 5) is 31.7. The average molecular weight is 346 g/mol. The maximum Gasteiger partial charge on any atom is 0.230 e. The summed E-state index contributed by atoms with van der Waals surface area (Å²) in [6, 6.07) is 5.68. The number of thiazole rings is 2. The molecule has 0 unspecified atom stereocenters. The lowest BCUT2D eigenvalue weighted by molar-refractivity contribution is -0.116. The molecule has 8 heteroatoms. The van der Waals surface area contributed by atoms with E-state index in [4.69, 9.17) is 0 Å². The number of hydrogen-bond donors (Lipinski definition) is 2. The number of aromatic nitrogens is 2. The summed E-state index contributed by atoms with van der Waals surface area (Å²) in [6.45, 7) is 3.38. The molecule has 0 spiro atoms. The molecular weight excluding hydrogens is 332 g/mol. The molecule has 118 valence electrons. The second-order valence-corrected chi connectivity index (χ2v) is 7.06. The first kappa shape index (κ1) is 15.6. The number of rotatable bonds is 4. The summed E-state index contributed by atoms with van der Waals surface area (Å²) in [5.41, 5.74) is 2.22. The number of fused-ring (bicyclic) bond motifs is 1. The number of hydrogen-bond acceptors (Lipinski definition) is 6. The fourth-order valence-electron chi connectivity index (χ4n) is 2.09. The average Bonchev–Trinajstić information content (AvgIpc) is 3.03. The van der Waals surface area contributed by atoms with Crippen LogP contribution in [-0.4, -0.2) is 21.8 Å². The molecule has 2 aromatic heterocycles. The van der Waals surface area contributed by atoms with Crippen molar-refractivity contribution in [2.24, 2.45) is 0 Å². The van der Waals surface area contributed by atoms with E-state index in [-0.39, 0.29) is 18.2 Å². The Kier molecular flexibility index (Phi) is 4.35. The van der Waals surface area contributed by atoms with E-state index >= 15 is 0 Å². The number of benzene rings is 1. The Balaban J connectivity index is 1.65. The van der Waals surface area contributed by atoms with Crippen LogP contribution in [0.1, 0.15) is 17.6 Å². The van der Waals surface area contributed by atoms with Gasteiger partial charge in [0.1, 0.15) is 0 Å². The van der Waals surface area contributed by atoms with Gasteiger partial charge >= 0.3 is 0 Å². The third-order valence-corrected chi connectivity index (χ3v) is 4.71. The van der Waals surface area contributed by atoms with Gasteiger partial charge in [-0.05, 0) is 25.1 Å². The maximum absolute atomic E-state index is 12.1. The van der Waals surface area contributed by atoms with Crippen molar-refractivity contribution in [2.75, 3.05) is 10.6 Å². The van der Waals surface area contributed by atoms with Gasteiger partial charge in [0.15, 0.2) is 5.13 Å². The highest BCUT2D eigenvalue weighted by atomic mass is 32.1. The van der Waals surface area contributed by atoms with Crippen molar-refractivity contribution >= 4 is 55.5 Å². The van der Waals surface area contributed by atoms with Gasteiger partial charge in [0.25, 0.3) is 0 Å². The molecule has 1 aromatic carbocycles. The Bertz CT molecular complexity index is 885. The van der Waals surface area contributed by atoms with Crippen molar-refractivity contribution in [3.8, 4) is 0 Å². The fourth-order valence-corrected chi connectivity index (χ4v) is 3.65. The summed E-state index contributed by atoms with van der Waals surface area (Å²) >= 11 is 2.92. The van der Waals surface area contributed by atoms with Crippen LogP contribution in [-0.2, 0) is 16.0 Å². The standard InChI is InChI=1S/C15H14N4O2S2/c1-8(20)16-15-19-11(7-22-15)6-14(21)18-10-3-4-13-12(5-10)17-9(2)23-13/h3-5,7H,6H2,1-2H3,(H,18,21)(H,16,19,20). The lowest BCUT2D eigenvalue weighted by atomic mass is 10.2. The first-order valence-electron chi connectivity index (χ1n) is 6.88. The molecule has 0 saturated carbocycles. The molecule has 0 aliphatic carbocycles. The smallest absolute Gasteiger partial charge is 0.230 e. The Morgan fingerprint density at radius 3 is 2.83 bits per heavy atom. The zero-order valence-electron chi connectivity index (χ0n) is 12.5. The third kappa shape index (κ3) is 3.91. The van der Waals surface area contributed by atoms with E-state index in [2.05, 4.69) is 20.6 Å². The zero-order valence-corrected chi connectivity index (χ0v) is 14.2. The highest BCUT2D eigenvalue weighted by Crippen LogP contribution is 2.24. The molecule has 0 saturated heterocycles. The molecule has 0 atom stereocenters. The SMILES string of the molecule is CC(=O)Nc1nc(CC(=O)Nc2ccc3sc(C)nc3c2)cs1. The number of nitrogens with one attached hydrogen (secondary N) is 2. The second-order valence-electron chi connectivity index (χ2n) is 4.97. The van der Waals surface area contributed by atoms with E-state index < -0.39 is 0 Å². The van der Waals surface area contributed by atoms with Crippen molar-refractivity contribution in [3.05, 3.63) is 34.3 Å². The lowest BCUT2D eigenvalue weighted by Crippen LogP contribution is -2.14. The molecule has 3 rings (SSSR count). The molecule has 2 heterocycles. The van der Waals surface area contributed by atoms with E-state index in [9.17, 15) is 9.59 Å². The Hall–Kier alpha value is -2.32. The van der Waals surface area contributed by atoms with Crippen molar-refractivity contribution in [1.82, 2.24) is 9.97 Å². The minimum Gasteiger partial charge on any atom is -0.326 e. The van der Waals surface area contributed by atoms with Crippen molar-refractivity contribution in [2.45, 2.75) is 20.3 Å². The van der Waals surface area contributed by atoms with Crippen LogP contribution in [0.4, 0.5) is 10.8 Å². The highest BCUT2D eigenvalue weighted by Gasteiger charge is 2.10. The largest absolute Gasteiger partial charge is 0.326 e. The van der Waals surface area contributed by atoms with Crippen LogP contribution in [0.25, 0.3) is 10.2 Å². The van der Waals surface area contributed by atoms with Crippen LogP contribution < -0.4 is 10.6 Å². The number of nitrogens with zero attached hydrogens (tertiary/aromatic N) is 2. The Labute approximate surface area is 140 Å². The van der Waals surface area contributed by atoms with Crippen LogP contribution >= 0.6 is 22.7 Å². The van der Waals surface area contributed by atoms with Gasteiger partial charge < -0.3 is 10.6 Å². The van der Waals surface area contributed by atoms with E-state index in [1.807, 2.05) is 25.1 Å². The first-order chi connectivity index (χ1) is 11.0. The van der Waals surface area contributed by atoms with Crippen molar-refractivity contribution < 1.29 is 9.59 Å². The molecule has 0 aliphatic rings. The quantitative estimate of drug-likeness (QED) is 0.760. The Morgan fingerprint density at radius 2 is 2.04 bits per heavy atom. The number of amides is 2. The Morgan fingerprint density at radius 1 is 1.22 bits per heavy atom. The first-order valence-corrected chi connectivity index (χ1v) is 8.58. The number of anilines is 2. The molecule has 0 aliphatic heterocycles. The van der Waals surface area contributed by atoms with Gasteiger partial charge in [-0.25, -0.2) is 9.97 Å². The number of aryl methyl sites for hydroxylation is 1. The number of carbonyl (C=O) groups is 2. The zero-order chi connectivity index (χ0) is 16.4. The predicted octanol–water partition coefficient (Wildman–Crippen LogP) is 3.20. The van der Waals surface area contributed by atoms with Crippen LogP contribution in [0.3, 0.4) is 0 Å². The van der Waals surface area contributed by atoms with Crippen LogP contribution in [0, 0.1) is 6.92 Å². The molecule has 2 N–H and O–H groups in total. The lowest BCUT2D eigenvalue weighted by Gasteiger charge is -2.03. The van der Waals surface area contributed by atoms with Crippen LogP contribution in [0.15, 0.2) is 23.6 Å². The molecule has 23 heavy (non-hydrogen) atoms. The van der Waals surface area contributed by atoms with Gasteiger partial charge in [0, 0.05) is 18.0 Å². The van der Waals surface area contributed by atoms with Gasteiger partial charge in [-0.3, -0.25) is 9.59 Å². The van der Waals surface area contributed by atoms with Crippen molar-refractivity contribution in [3.63, 3.8) is 0 Å².